The van der Waals surface area contributed by atoms with Crippen molar-refractivity contribution in [1.82, 2.24) is 10.6 Å². The monoisotopic (exact) mass is 422 g/mol. The molecule has 1 fully saturated rings. The van der Waals surface area contributed by atoms with Crippen LogP contribution in [0, 0.1) is 0 Å². The summed E-state index contributed by atoms with van der Waals surface area (Å²) in [6.45, 7) is 3.18. The summed E-state index contributed by atoms with van der Waals surface area (Å²) in [5.74, 6) is 2.94. The van der Waals surface area contributed by atoms with Gasteiger partial charge < -0.3 is 15.5 Å². The molecule has 2 aromatic rings. The van der Waals surface area contributed by atoms with Crippen LogP contribution in [-0.2, 0) is 19.3 Å². The molecule has 0 spiro atoms. The topological polar surface area (TPSA) is 39.7 Å². The number of halogens is 3. The van der Waals surface area contributed by atoms with E-state index in [4.69, 9.17) is 0 Å². The van der Waals surface area contributed by atoms with Crippen LogP contribution in [0.5, 0.6) is 0 Å². The molecule has 1 aliphatic heterocycles. The average molecular weight is 423 g/mol. The number of alkyl halides is 3. The lowest BCUT2D eigenvalue weighted by molar-refractivity contribution is -0.137. The van der Waals surface area contributed by atoms with Gasteiger partial charge in [-0.1, -0.05) is 24.3 Å². The van der Waals surface area contributed by atoms with Crippen molar-refractivity contribution in [1.29, 1.82) is 0 Å². The Labute approximate surface area is 173 Å². The third kappa shape index (κ3) is 6.32. The molecule has 0 unspecified atom stereocenters. The molecule has 8 heteroatoms. The fourth-order valence-electron chi connectivity index (χ4n) is 3.05. The molecule has 2 aromatic carbocycles. The first-order valence-electron chi connectivity index (χ1n) is 9.48. The fourth-order valence-corrected chi connectivity index (χ4v) is 3.95. The summed E-state index contributed by atoms with van der Waals surface area (Å²) in [4.78, 5) is 6.57. The van der Waals surface area contributed by atoms with Gasteiger partial charge in [-0.25, -0.2) is 0 Å². The minimum absolute atomic E-state index is 0.393. The van der Waals surface area contributed by atoms with Gasteiger partial charge in [-0.3, -0.25) is 4.99 Å². The van der Waals surface area contributed by atoms with Crippen molar-refractivity contribution in [2.75, 3.05) is 36.5 Å². The third-order valence-corrected chi connectivity index (χ3v) is 5.68. The zero-order chi connectivity index (χ0) is 20.7. The molecule has 0 aliphatic carbocycles. The molecule has 0 atom stereocenters. The van der Waals surface area contributed by atoms with Crippen molar-refractivity contribution in [2.45, 2.75) is 19.3 Å². The van der Waals surface area contributed by atoms with Crippen molar-refractivity contribution < 1.29 is 13.2 Å². The van der Waals surface area contributed by atoms with Gasteiger partial charge in [0.05, 0.1) is 5.56 Å². The zero-order valence-corrected chi connectivity index (χ0v) is 17.1. The quantitative estimate of drug-likeness (QED) is 0.562. The van der Waals surface area contributed by atoms with E-state index in [2.05, 4.69) is 44.8 Å². The highest BCUT2D eigenvalue weighted by Gasteiger charge is 2.29. The van der Waals surface area contributed by atoms with Gasteiger partial charge in [-0.15, -0.1) is 0 Å². The number of nitrogens with one attached hydrogen (secondary N) is 2. The van der Waals surface area contributed by atoms with Crippen LogP contribution in [-0.4, -0.2) is 37.6 Å². The van der Waals surface area contributed by atoms with Gasteiger partial charge in [0.25, 0.3) is 0 Å². The summed E-state index contributed by atoms with van der Waals surface area (Å²) in [5.41, 5.74) is 2.50. The molecule has 156 valence electrons. The Bertz CT molecular complexity index is 798. The van der Waals surface area contributed by atoms with Crippen LogP contribution in [0.2, 0.25) is 0 Å². The van der Waals surface area contributed by atoms with E-state index in [0.717, 1.165) is 36.3 Å². The highest BCUT2D eigenvalue weighted by Crippen LogP contribution is 2.29. The van der Waals surface area contributed by atoms with E-state index in [1.807, 2.05) is 11.8 Å². The number of thioether (sulfide) groups is 1. The van der Waals surface area contributed by atoms with Crippen LogP contribution >= 0.6 is 11.8 Å². The Morgan fingerprint density at radius 2 is 1.45 bits per heavy atom. The molecule has 2 N–H and O–H groups in total. The molecule has 1 saturated heterocycles. The lowest BCUT2D eigenvalue weighted by Crippen LogP contribution is -2.36. The predicted octanol–water partition coefficient (Wildman–Crippen LogP) is 4.12. The number of aliphatic imine (C=N–C) groups is 1. The van der Waals surface area contributed by atoms with E-state index in [9.17, 15) is 13.2 Å². The van der Waals surface area contributed by atoms with Gasteiger partial charge in [0.2, 0.25) is 0 Å². The SMILES string of the molecule is CN=C(NCc1ccc(N2CCSCC2)cc1)NCc1ccc(C(F)(F)F)cc1. The highest BCUT2D eigenvalue weighted by molar-refractivity contribution is 7.99. The highest BCUT2D eigenvalue weighted by atomic mass is 32.2. The van der Waals surface area contributed by atoms with Gasteiger partial charge in [-0.2, -0.15) is 24.9 Å². The first-order valence-corrected chi connectivity index (χ1v) is 10.6. The molecule has 0 saturated carbocycles. The summed E-state index contributed by atoms with van der Waals surface area (Å²) < 4.78 is 37.9. The molecule has 4 nitrogen and oxygen atoms in total. The molecule has 0 amide bonds. The second-order valence-electron chi connectivity index (χ2n) is 6.74. The summed E-state index contributed by atoms with van der Waals surface area (Å²) >= 11 is 1.99. The van der Waals surface area contributed by atoms with E-state index in [0.29, 0.717) is 19.0 Å². The number of anilines is 1. The standard InChI is InChI=1S/C21H25F3N4S/c1-25-20(26-14-16-2-6-18(7-3-16)21(22,23)24)27-15-17-4-8-19(9-5-17)28-10-12-29-13-11-28/h2-9H,10-15H2,1H3,(H2,25,26,27). The van der Waals surface area contributed by atoms with Crippen molar-refractivity contribution in [2.24, 2.45) is 4.99 Å². The van der Waals surface area contributed by atoms with Crippen molar-refractivity contribution in [3.63, 3.8) is 0 Å². The van der Waals surface area contributed by atoms with E-state index in [1.54, 1.807) is 7.05 Å². The summed E-state index contributed by atoms with van der Waals surface area (Å²) in [6.07, 6.45) is -4.31. The molecular weight excluding hydrogens is 397 g/mol. The van der Waals surface area contributed by atoms with Crippen molar-refractivity contribution in [3.05, 3.63) is 65.2 Å². The molecular formula is C21H25F3N4S. The number of hydrogen-bond donors (Lipinski definition) is 2. The summed E-state index contributed by atoms with van der Waals surface area (Å²) in [5, 5.41) is 6.36. The van der Waals surface area contributed by atoms with Crippen LogP contribution in [0.25, 0.3) is 0 Å². The van der Waals surface area contributed by atoms with Crippen LogP contribution in [0.4, 0.5) is 18.9 Å². The predicted molar refractivity (Wildman–Crippen MR) is 114 cm³/mol. The Morgan fingerprint density at radius 1 is 0.931 bits per heavy atom. The smallest absolute Gasteiger partial charge is 0.370 e. The Kier molecular flexibility index (Phi) is 7.30. The maximum atomic E-state index is 12.6. The summed E-state index contributed by atoms with van der Waals surface area (Å²) in [7, 11) is 1.67. The van der Waals surface area contributed by atoms with Crippen LogP contribution in [0.15, 0.2) is 53.5 Å². The minimum atomic E-state index is -4.31. The van der Waals surface area contributed by atoms with E-state index in [-0.39, 0.29) is 0 Å². The largest absolute Gasteiger partial charge is 0.416 e. The number of hydrogen-bond acceptors (Lipinski definition) is 3. The molecule has 0 bridgehead atoms. The lowest BCUT2D eigenvalue weighted by Gasteiger charge is -2.28. The van der Waals surface area contributed by atoms with Gasteiger partial charge in [0.1, 0.15) is 0 Å². The Balaban J connectivity index is 1.47. The number of rotatable bonds is 5. The molecule has 29 heavy (non-hydrogen) atoms. The first-order chi connectivity index (χ1) is 14.0. The molecule has 1 aliphatic rings. The Morgan fingerprint density at radius 3 is 1.93 bits per heavy atom. The second-order valence-corrected chi connectivity index (χ2v) is 7.96. The van der Waals surface area contributed by atoms with Crippen LogP contribution < -0.4 is 15.5 Å². The molecule has 0 aromatic heterocycles. The van der Waals surface area contributed by atoms with Gasteiger partial charge in [-0.05, 0) is 35.4 Å². The number of guanidine groups is 1. The first kappa shape index (κ1) is 21.4. The van der Waals surface area contributed by atoms with Gasteiger partial charge in [0, 0.05) is 50.4 Å². The molecule has 0 radical (unpaired) electrons. The number of benzene rings is 2. The van der Waals surface area contributed by atoms with Crippen molar-refractivity contribution >= 4 is 23.4 Å². The van der Waals surface area contributed by atoms with Gasteiger partial charge in [0.15, 0.2) is 5.96 Å². The maximum Gasteiger partial charge on any atom is 0.416 e. The molecule has 3 rings (SSSR count). The van der Waals surface area contributed by atoms with E-state index >= 15 is 0 Å². The van der Waals surface area contributed by atoms with E-state index < -0.39 is 11.7 Å². The van der Waals surface area contributed by atoms with Crippen molar-refractivity contribution in [3.8, 4) is 0 Å². The maximum absolute atomic E-state index is 12.6. The van der Waals surface area contributed by atoms with Crippen LogP contribution in [0.1, 0.15) is 16.7 Å². The third-order valence-electron chi connectivity index (χ3n) is 4.74. The van der Waals surface area contributed by atoms with Gasteiger partial charge >= 0.3 is 6.18 Å². The minimum Gasteiger partial charge on any atom is -0.370 e. The summed E-state index contributed by atoms with van der Waals surface area (Å²) in [6, 6.07) is 13.6. The number of nitrogens with zero attached hydrogens (tertiary/aromatic N) is 2. The molecule has 1 heterocycles. The zero-order valence-electron chi connectivity index (χ0n) is 16.3. The normalized spacial score (nSPS) is 15.3. The lowest BCUT2D eigenvalue weighted by atomic mass is 10.1. The van der Waals surface area contributed by atoms with Crippen LogP contribution in [0.3, 0.4) is 0 Å². The fraction of sp³-hybridized carbons (Fsp3) is 0.381. The van der Waals surface area contributed by atoms with E-state index in [1.165, 1.54) is 29.3 Å². The second kappa shape index (κ2) is 9.91. The Hall–Kier alpha value is -2.35. The average Bonchev–Trinajstić information content (AvgIpc) is 2.74.